The van der Waals surface area contributed by atoms with E-state index in [1.54, 1.807) is 6.92 Å². The number of rotatable bonds is 5. The third-order valence-corrected chi connectivity index (χ3v) is 6.14. The first-order chi connectivity index (χ1) is 15.5. The van der Waals surface area contributed by atoms with E-state index in [0.29, 0.717) is 0 Å². The average Bonchev–Trinajstić information content (AvgIpc) is 2.96. The maximum atomic E-state index is 13.2. The third kappa shape index (κ3) is 4.61. The Kier molecular flexibility index (Phi) is 5.96. The fourth-order valence-electron chi connectivity index (χ4n) is 3.72. The van der Waals surface area contributed by atoms with Gasteiger partial charge in [0.05, 0.1) is 11.2 Å². The molecule has 1 unspecified atom stereocenters. The van der Waals surface area contributed by atoms with Gasteiger partial charge in [-0.25, -0.2) is 14.7 Å². The Morgan fingerprint density at radius 3 is 2.36 bits per heavy atom. The first-order valence-corrected chi connectivity index (χ1v) is 10.9. The van der Waals surface area contributed by atoms with E-state index in [2.05, 4.69) is 4.98 Å². The minimum atomic E-state index is -4.41. The molecule has 1 aliphatic rings. The van der Waals surface area contributed by atoms with E-state index in [1.807, 2.05) is 49.3 Å². The first-order valence-electron chi connectivity index (χ1n) is 10.1. The van der Waals surface area contributed by atoms with Gasteiger partial charge in [-0.1, -0.05) is 18.2 Å². The molecule has 0 radical (unpaired) electrons. The summed E-state index contributed by atoms with van der Waals surface area (Å²) in [4.78, 5) is 35.1. The molecule has 0 aliphatic carbocycles. The highest BCUT2D eigenvalue weighted by Gasteiger charge is 2.43. The van der Waals surface area contributed by atoms with Crippen LogP contribution in [0.2, 0.25) is 0 Å². The van der Waals surface area contributed by atoms with Gasteiger partial charge in [0.25, 0.3) is 5.91 Å². The normalized spacial score (nSPS) is 16.7. The first kappa shape index (κ1) is 22.9. The molecule has 0 spiro atoms. The lowest BCUT2D eigenvalue weighted by atomic mass is 10.1. The van der Waals surface area contributed by atoms with Crippen LogP contribution in [0.1, 0.15) is 12.5 Å². The molecule has 4 rings (SSSR count). The van der Waals surface area contributed by atoms with Crippen molar-refractivity contribution in [1.29, 1.82) is 0 Å². The fourth-order valence-corrected chi connectivity index (χ4v) is 4.26. The number of alkyl halides is 3. The average molecular weight is 475 g/mol. The summed E-state index contributed by atoms with van der Waals surface area (Å²) in [7, 11) is 3.74. The SMILES string of the molecule is CC1C(=O)N(c2ccc(SC(F)(F)F)cc2)C(=O)N1Cc1cc(N(C)C)nc2ccccc12. The Hall–Kier alpha value is -3.27. The highest BCUT2D eigenvalue weighted by molar-refractivity contribution is 8.00. The van der Waals surface area contributed by atoms with Crippen LogP contribution < -0.4 is 9.80 Å². The number of urea groups is 1. The Labute approximate surface area is 193 Å². The smallest absolute Gasteiger partial charge is 0.363 e. The van der Waals surface area contributed by atoms with Crippen molar-refractivity contribution in [2.75, 3.05) is 23.9 Å². The van der Waals surface area contributed by atoms with Crippen molar-refractivity contribution in [2.24, 2.45) is 0 Å². The van der Waals surface area contributed by atoms with Crippen molar-refractivity contribution >= 4 is 46.1 Å². The number of para-hydroxylation sites is 1. The van der Waals surface area contributed by atoms with E-state index in [9.17, 15) is 22.8 Å². The number of aromatic nitrogens is 1. The number of carbonyl (C=O) groups is 2. The maximum Gasteiger partial charge on any atom is 0.446 e. The van der Waals surface area contributed by atoms with E-state index in [-0.39, 0.29) is 28.9 Å². The number of amides is 3. The Morgan fingerprint density at radius 2 is 1.73 bits per heavy atom. The maximum absolute atomic E-state index is 13.2. The van der Waals surface area contributed by atoms with Gasteiger partial charge in [-0.3, -0.25) is 4.79 Å². The number of halogens is 3. The standard InChI is InChI=1S/C23H21F3N4O2S/c1-14-21(31)30(16-8-10-17(11-9-16)33-23(24,25)26)22(32)29(14)13-15-12-20(28(2)3)27-19-7-5-4-6-18(15)19/h4-12,14H,13H2,1-3H3. The Morgan fingerprint density at radius 1 is 1.06 bits per heavy atom. The quantitative estimate of drug-likeness (QED) is 0.373. The lowest BCUT2D eigenvalue weighted by molar-refractivity contribution is -0.119. The summed E-state index contributed by atoms with van der Waals surface area (Å²) < 4.78 is 37.8. The zero-order chi connectivity index (χ0) is 23.9. The van der Waals surface area contributed by atoms with Crippen molar-refractivity contribution in [3.05, 3.63) is 60.2 Å². The van der Waals surface area contributed by atoms with E-state index in [4.69, 9.17) is 0 Å². The molecule has 172 valence electrons. The van der Waals surface area contributed by atoms with Crippen LogP contribution in [0.4, 0.5) is 29.5 Å². The molecule has 1 aliphatic heterocycles. The van der Waals surface area contributed by atoms with Crippen molar-refractivity contribution in [1.82, 2.24) is 9.88 Å². The second-order valence-corrected chi connectivity index (χ2v) is 8.99. The topological polar surface area (TPSA) is 56.8 Å². The number of carbonyl (C=O) groups excluding carboxylic acids is 2. The van der Waals surface area contributed by atoms with Crippen LogP contribution in [0, 0.1) is 0 Å². The molecular weight excluding hydrogens is 453 g/mol. The number of thioether (sulfide) groups is 1. The summed E-state index contributed by atoms with van der Waals surface area (Å²) in [5.74, 6) is 0.298. The predicted molar refractivity (Wildman–Crippen MR) is 122 cm³/mol. The Bertz CT molecular complexity index is 1210. The number of benzene rings is 2. The van der Waals surface area contributed by atoms with Crippen LogP contribution in [-0.4, -0.2) is 47.5 Å². The van der Waals surface area contributed by atoms with Crippen molar-refractivity contribution < 1.29 is 22.8 Å². The number of nitrogens with zero attached hydrogens (tertiary/aromatic N) is 4. The van der Waals surface area contributed by atoms with Gasteiger partial charge in [0.2, 0.25) is 0 Å². The van der Waals surface area contributed by atoms with Gasteiger partial charge in [0, 0.05) is 30.9 Å². The van der Waals surface area contributed by atoms with Crippen LogP contribution in [0.15, 0.2) is 59.5 Å². The van der Waals surface area contributed by atoms with Gasteiger partial charge < -0.3 is 9.80 Å². The fraction of sp³-hybridized carbons (Fsp3) is 0.261. The third-order valence-electron chi connectivity index (χ3n) is 5.40. The minimum Gasteiger partial charge on any atom is -0.363 e. The molecule has 3 aromatic rings. The van der Waals surface area contributed by atoms with Crippen molar-refractivity contribution in [3.63, 3.8) is 0 Å². The minimum absolute atomic E-state index is 0.0188. The zero-order valence-corrected chi connectivity index (χ0v) is 18.9. The lowest BCUT2D eigenvalue weighted by Gasteiger charge is -2.22. The number of fused-ring (bicyclic) bond motifs is 1. The summed E-state index contributed by atoms with van der Waals surface area (Å²) in [6, 6.07) is 13.4. The van der Waals surface area contributed by atoms with Crippen LogP contribution in [0.25, 0.3) is 10.9 Å². The predicted octanol–water partition coefficient (Wildman–Crippen LogP) is 5.27. The largest absolute Gasteiger partial charge is 0.446 e. The summed E-state index contributed by atoms with van der Waals surface area (Å²) >= 11 is -0.248. The highest BCUT2D eigenvalue weighted by atomic mass is 32.2. The highest BCUT2D eigenvalue weighted by Crippen LogP contribution is 2.38. The number of hydrogen-bond donors (Lipinski definition) is 0. The lowest BCUT2D eigenvalue weighted by Crippen LogP contribution is -2.33. The molecule has 2 heterocycles. The summed E-state index contributed by atoms with van der Waals surface area (Å²) in [5, 5.41) is 0.877. The van der Waals surface area contributed by atoms with Gasteiger partial charge in [-0.2, -0.15) is 13.2 Å². The number of anilines is 2. The second-order valence-electron chi connectivity index (χ2n) is 7.85. The molecule has 10 heteroatoms. The van der Waals surface area contributed by atoms with Crippen LogP contribution >= 0.6 is 11.8 Å². The zero-order valence-electron chi connectivity index (χ0n) is 18.1. The van der Waals surface area contributed by atoms with E-state index in [1.165, 1.54) is 29.2 Å². The monoisotopic (exact) mass is 474 g/mol. The number of imide groups is 1. The summed E-state index contributed by atoms with van der Waals surface area (Å²) in [6.45, 7) is 1.83. The van der Waals surface area contributed by atoms with Crippen LogP contribution in [-0.2, 0) is 11.3 Å². The molecule has 6 nitrogen and oxygen atoms in total. The molecule has 1 saturated heterocycles. The van der Waals surface area contributed by atoms with E-state index < -0.39 is 23.5 Å². The van der Waals surface area contributed by atoms with Gasteiger partial charge in [-0.05, 0) is 60.6 Å². The molecule has 3 amide bonds. The molecule has 1 aromatic heterocycles. The van der Waals surface area contributed by atoms with Gasteiger partial charge in [0.15, 0.2) is 0 Å². The van der Waals surface area contributed by atoms with Crippen LogP contribution in [0.5, 0.6) is 0 Å². The van der Waals surface area contributed by atoms with E-state index in [0.717, 1.165) is 27.2 Å². The van der Waals surface area contributed by atoms with Gasteiger partial charge in [0.1, 0.15) is 11.9 Å². The van der Waals surface area contributed by atoms with Crippen molar-refractivity contribution in [2.45, 2.75) is 29.9 Å². The molecule has 1 fully saturated rings. The molecule has 1 atom stereocenters. The van der Waals surface area contributed by atoms with Crippen molar-refractivity contribution in [3.8, 4) is 0 Å². The molecular formula is C23H21F3N4O2S. The Balaban J connectivity index is 1.64. The molecule has 0 bridgehead atoms. The number of pyridine rings is 1. The van der Waals surface area contributed by atoms with Gasteiger partial charge >= 0.3 is 11.5 Å². The molecule has 0 saturated carbocycles. The molecule has 33 heavy (non-hydrogen) atoms. The second kappa shape index (κ2) is 8.58. The van der Waals surface area contributed by atoms with Crippen LogP contribution in [0.3, 0.4) is 0 Å². The summed E-state index contributed by atoms with van der Waals surface area (Å²) in [6.07, 6.45) is 0. The summed E-state index contributed by atoms with van der Waals surface area (Å²) in [5.41, 5.74) is -2.56. The van der Waals surface area contributed by atoms with E-state index >= 15 is 0 Å². The van der Waals surface area contributed by atoms with Gasteiger partial charge in [-0.15, -0.1) is 0 Å². The molecule has 2 aromatic carbocycles. The molecule has 0 N–H and O–H groups in total. The number of hydrogen-bond acceptors (Lipinski definition) is 5.